The molecule has 0 spiro atoms. The Morgan fingerprint density at radius 2 is 1.75 bits per heavy atom. The fraction of sp³-hybridized carbons (Fsp3) is 0.529. The number of nitrogens with zero attached hydrogens (tertiary/aromatic N) is 1. The van der Waals surface area contributed by atoms with Gasteiger partial charge in [0.2, 0.25) is 0 Å². The van der Waals surface area contributed by atoms with E-state index in [1.165, 1.54) is 26.4 Å². The molecule has 7 heteroatoms. The van der Waals surface area contributed by atoms with Crippen molar-refractivity contribution in [2.75, 3.05) is 32.6 Å². The maximum Gasteiger partial charge on any atom is 0.314 e. The number of hydrogen-bond acceptors (Lipinski definition) is 4. The van der Waals surface area contributed by atoms with Gasteiger partial charge in [-0.3, -0.25) is 9.59 Å². The molecular weight excluding hydrogens is 332 g/mol. The number of unbranched alkanes of at least 4 members (excludes halogenated alkanes) is 1. The van der Waals surface area contributed by atoms with Crippen molar-refractivity contribution < 1.29 is 19.1 Å². The average Bonchev–Trinajstić information content (AvgIpc) is 2.58. The van der Waals surface area contributed by atoms with Crippen LogP contribution in [0.25, 0.3) is 0 Å². The monoisotopic (exact) mass is 356 g/mol. The number of anilines is 1. The van der Waals surface area contributed by atoms with Gasteiger partial charge >= 0.3 is 11.8 Å². The van der Waals surface area contributed by atoms with Crippen LogP contribution in [0.2, 0.25) is 5.02 Å². The van der Waals surface area contributed by atoms with E-state index < -0.39 is 11.8 Å². The number of methoxy groups -OCH3 is 2. The lowest BCUT2D eigenvalue weighted by Gasteiger charge is -2.21. The van der Waals surface area contributed by atoms with Crippen LogP contribution in [-0.4, -0.2) is 44.0 Å². The van der Waals surface area contributed by atoms with Gasteiger partial charge in [0, 0.05) is 25.2 Å². The minimum absolute atomic E-state index is 0.337. The second-order valence-electron chi connectivity index (χ2n) is 5.29. The van der Waals surface area contributed by atoms with Crippen molar-refractivity contribution >= 4 is 29.1 Å². The Bertz CT molecular complexity index is 578. The van der Waals surface area contributed by atoms with E-state index in [1.54, 1.807) is 4.90 Å². The molecule has 0 aliphatic rings. The average molecular weight is 357 g/mol. The van der Waals surface area contributed by atoms with Crippen LogP contribution in [0, 0.1) is 0 Å². The summed E-state index contributed by atoms with van der Waals surface area (Å²) in [5.74, 6) is -0.516. The first-order valence-corrected chi connectivity index (χ1v) is 8.37. The molecule has 0 aliphatic heterocycles. The Balaban J connectivity index is 2.94. The highest BCUT2D eigenvalue weighted by molar-refractivity contribution is 6.40. The molecule has 6 nitrogen and oxygen atoms in total. The van der Waals surface area contributed by atoms with Crippen molar-refractivity contribution in [2.45, 2.75) is 33.1 Å². The highest BCUT2D eigenvalue weighted by atomic mass is 35.5. The summed E-state index contributed by atoms with van der Waals surface area (Å²) in [6.45, 7) is 5.13. The van der Waals surface area contributed by atoms with Crippen molar-refractivity contribution in [1.82, 2.24) is 4.90 Å². The highest BCUT2D eigenvalue weighted by Crippen LogP contribution is 2.35. The molecule has 24 heavy (non-hydrogen) atoms. The third kappa shape index (κ3) is 5.30. The molecule has 1 rings (SSSR count). The first-order valence-electron chi connectivity index (χ1n) is 8.00. The minimum Gasteiger partial charge on any atom is -0.495 e. The third-order valence-corrected chi connectivity index (χ3v) is 3.77. The van der Waals surface area contributed by atoms with Crippen molar-refractivity contribution in [2.24, 2.45) is 0 Å². The molecule has 2 amide bonds. The number of ether oxygens (including phenoxy) is 2. The lowest BCUT2D eigenvalue weighted by molar-refractivity contribution is -0.143. The minimum atomic E-state index is -0.706. The number of hydrogen-bond donors (Lipinski definition) is 1. The number of nitrogens with one attached hydrogen (secondary N) is 1. The van der Waals surface area contributed by atoms with E-state index in [1.807, 2.05) is 13.8 Å². The molecule has 134 valence electrons. The first-order chi connectivity index (χ1) is 11.5. The smallest absolute Gasteiger partial charge is 0.314 e. The van der Waals surface area contributed by atoms with Crippen LogP contribution in [-0.2, 0) is 9.59 Å². The van der Waals surface area contributed by atoms with Gasteiger partial charge in [0.05, 0.1) is 24.9 Å². The summed E-state index contributed by atoms with van der Waals surface area (Å²) < 4.78 is 10.3. The van der Waals surface area contributed by atoms with Gasteiger partial charge in [-0.2, -0.15) is 0 Å². The van der Waals surface area contributed by atoms with Crippen molar-refractivity contribution in [1.29, 1.82) is 0 Å². The number of halogens is 1. The third-order valence-electron chi connectivity index (χ3n) is 3.48. The number of rotatable bonds is 8. The molecule has 1 aromatic carbocycles. The van der Waals surface area contributed by atoms with Gasteiger partial charge in [-0.05, 0) is 12.8 Å². The molecule has 0 unspecified atom stereocenters. The van der Waals surface area contributed by atoms with Crippen LogP contribution in [0.15, 0.2) is 12.1 Å². The standard InChI is InChI=1S/C17H25ClN2O4/c1-5-7-9-20(8-6-2)17(22)16(21)19-13-11-14(23-3)12(18)10-15(13)24-4/h10-11H,5-9H2,1-4H3,(H,19,21). The lowest BCUT2D eigenvalue weighted by atomic mass is 10.2. The van der Waals surface area contributed by atoms with Crippen LogP contribution < -0.4 is 14.8 Å². The molecule has 0 aromatic heterocycles. The van der Waals surface area contributed by atoms with Crippen molar-refractivity contribution in [3.8, 4) is 11.5 Å². The largest absolute Gasteiger partial charge is 0.495 e. The fourth-order valence-electron chi connectivity index (χ4n) is 2.21. The van der Waals surface area contributed by atoms with Crippen LogP contribution in [0.4, 0.5) is 5.69 Å². The molecule has 0 aliphatic carbocycles. The summed E-state index contributed by atoms with van der Waals surface area (Å²) in [5, 5.41) is 2.94. The Labute approximate surface area is 148 Å². The molecule has 0 radical (unpaired) electrons. The lowest BCUT2D eigenvalue weighted by Crippen LogP contribution is -2.40. The molecule has 1 N–H and O–H groups in total. The first kappa shape index (κ1) is 20.1. The summed E-state index contributed by atoms with van der Waals surface area (Å²) >= 11 is 6.04. The predicted molar refractivity (Wildman–Crippen MR) is 95.0 cm³/mol. The Morgan fingerprint density at radius 1 is 1.08 bits per heavy atom. The van der Waals surface area contributed by atoms with Gasteiger partial charge in [-0.15, -0.1) is 0 Å². The van der Waals surface area contributed by atoms with Gasteiger partial charge < -0.3 is 19.7 Å². The molecule has 0 bridgehead atoms. The Kier molecular flexibility index (Phi) is 8.40. The summed E-state index contributed by atoms with van der Waals surface area (Å²) in [7, 11) is 2.93. The van der Waals surface area contributed by atoms with E-state index in [4.69, 9.17) is 21.1 Å². The van der Waals surface area contributed by atoms with E-state index in [9.17, 15) is 9.59 Å². The maximum absolute atomic E-state index is 12.4. The number of carbonyl (C=O) groups is 2. The zero-order valence-corrected chi connectivity index (χ0v) is 15.4. The van der Waals surface area contributed by atoms with Crippen LogP contribution in [0.5, 0.6) is 11.5 Å². The van der Waals surface area contributed by atoms with Gasteiger partial charge in [0.15, 0.2) is 0 Å². The summed E-state index contributed by atoms with van der Waals surface area (Å²) in [6.07, 6.45) is 2.61. The van der Waals surface area contributed by atoms with Crippen molar-refractivity contribution in [3.05, 3.63) is 17.2 Å². The number of amides is 2. The predicted octanol–water partition coefficient (Wildman–Crippen LogP) is 3.33. The van der Waals surface area contributed by atoms with E-state index >= 15 is 0 Å². The van der Waals surface area contributed by atoms with Crippen LogP contribution in [0.1, 0.15) is 33.1 Å². The van der Waals surface area contributed by atoms with Gasteiger partial charge in [0.25, 0.3) is 0 Å². The van der Waals surface area contributed by atoms with Crippen molar-refractivity contribution in [3.63, 3.8) is 0 Å². The topological polar surface area (TPSA) is 67.9 Å². The Morgan fingerprint density at radius 3 is 2.29 bits per heavy atom. The van der Waals surface area contributed by atoms with Crippen LogP contribution >= 0.6 is 11.6 Å². The van der Waals surface area contributed by atoms with Gasteiger partial charge in [-0.25, -0.2) is 0 Å². The summed E-state index contributed by atoms with van der Waals surface area (Å²) in [6, 6.07) is 3.06. The summed E-state index contributed by atoms with van der Waals surface area (Å²) in [5.41, 5.74) is 0.337. The zero-order chi connectivity index (χ0) is 18.1. The molecule has 0 saturated carbocycles. The van der Waals surface area contributed by atoms with Crippen LogP contribution in [0.3, 0.4) is 0 Å². The van der Waals surface area contributed by atoms with Gasteiger partial charge in [-0.1, -0.05) is 31.9 Å². The maximum atomic E-state index is 12.4. The molecule has 0 heterocycles. The quantitative estimate of drug-likeness (QED) is 0.725. The number of benzene rings is 1. The summed E-state index contributed by atoms with van der Waals surface area (Å²) in [4.78, 5) is 26.3. The molecule has 1 aromatic rings. The van der Waals surface area contributed by atoms with E-state index in [-0.39, 0.29) is 0 Å². The zero-order valence-electron chi connectivity index (χ0n) is 14.6. The van der Waals surface area contributed by atoms with E-state index in [0.717, 1.165) is 19.3 Å². The molecule has 0 atom stereocenters. The fourth-order valence-corrected chi connectivity index (χ4v) is 2.44. The SMILES string of the molecule is CCCCN(CCC)C(=O)C(=O)Nc1cc(OC)c(Cl)cc1OC. The highest BCUT2D eigenvalue weighted by Gasteiger charge is 2.22. The molecule has 0 fully saturated rings. The molecule has 0 saturated heterocycles. The molecular formula is C17H25ClN2O4. The number of carbonyl (C=O) groups excluding carboxylic acids is 2. The normalized spacial score (nSPS) is 10.2. The van der Waals surface area contributed by atoms with Gasteiger partial charge in [0.1, 0.15) is 11.5 Å². The second kappa shape index (κ2) is 10.0. The van der Waals surface area contributed by atoms with E-state index in [2.05, 4.69) is 5.32 Å². The second-order valence-corrected chi connectivity index (χ2v) is 5.69. The Hall–Kier alpha value is -1.95. The van der Waals surface area contributed by atoms with E-state index in [0.29, 0.717) is 35.3 Å².